The second kappa shape index (κ2) is 7.02. The topological polar surface area (TPSA) is 40.5 Å². The van der Waals surface area contributed by atoms with Gasteiger partial charge in [0, 0.05) is 18.0 Å². The Bertz CT molecular complexity index is 468. The zero-order valence-corrected chi connectivity index (χ0v) is 13.1. The smallest absolute Gasteiger partial charge is 0.338 e. The van der Waals surface area contributed by atoms with Crippen LogP contribution in [0.2, 0.25) is 0 Å². The molecule has 0 bridgehead atoms. The van der Waals surface area contributed by atoms with Gasteiger partial charge in [0.2, 0.25) is 0 Å². The van der Waals surface area contributed by atoms with Crippen LogP contribution in [0.1, 0.15) is 48.9 Å². The Labute approximate surface area is 125 Å². The fourth-order valence-corrected chi connectivity index (χ4v) is 3.65. The van der Waals surface area contributed by atoms with Crippen molar-refractivity contribution >= 4 is 23.4 Å². The van der Waals surface area contributed by atoms with Gasteiger partial charge in [-0.25, -0.2) is 4.79 Å². The lowest BCUT2D eigenvalue weighted by Gasteiger charge is -2.31. The predicted molar refractivity (Wildman–Crippen MR) is 85.1 cm³/mol. The Morgan fingerprint density at radius 1 is 1.25 bits per heavy atom. The van der Waals surface area contributed by atoms with E-state index in [-0.39, 0.29) is 0 Å². The minimum Gasteiger partial charge on any atom is -0.478 e. The summed E-state index contributed by atoms with van der Waals surface area (Å²) in [7, 11) is 2.04. The van der Waals surface area contributed by atoms with E-state index in [1.807, 2.05) is 31.5 Å². The first kappa shape index (κ1) is 15.2. The summed E-state index contributed by atoms with van der Waals surface area (Å²) >= 11 is 1.50. The highest BCUT2D eigenvalue weighted by atomic mass is 32.2. The minimum absolute atomic E-state index is 0.451. The number of anilines is 1. The van der Waals surface area contributed by atoms with Crippen LogP contribution in [0.15, 0.2) is 23.1 Å². The first-order valence-corrected chi connectivity index (χ1v) is 8.50. The third-order valence-electron chi connectivity index (χ3n) is 4.19. The van der Waals surface area contributed by atoms with E-state index in [2.05, 4.69) is 4.90 Å². The molecular weight excluding hydrogens is 270 g/mol. The molecule has 2 rings (SSSR count). The molecule has 1 fully saturated rings. The van der Waals surface area contributed by atoms with Gasteiger partial charge in [0.15, 0.2) is 0 Å². The van der Waals surface area contributed by atoms with Gasteiger partial charge in [-0.05, 0) is 31.2 Å². The molecule has 0 spiro atoms. The van der Waals surface area contributed by atoms with Crippen molar-refractivity contribution in [2.45, 2.75) is 49.5 Å². The molecule has 0 unspecified atom stereocenters. The third kappa shape index (κ3) is 3.29. The van der Waals surface area contributed by atoms with E-state index in [0.717, 1.165) is 10.6 Å². The van der Waals surface area contributed by atoms with Crippen LogP contribution in [0, 0.1) is 0 Å². The van der Waals surface area contributed by atoms with Gasteiger partial charge in [-0.2, -0.15) is 0 Å². The van der Waals surface area contributed by atoms with E-state index in [1.54, 1.807) is 0 Å². The van der Waals surface area contributed by atoms with Crippen LogP contribution in [0.25, 0.3) is 0 Å². The molecule has 1 aliphatic carbocycles. The predicted octanol–water partition coefficient (Wildman–Crippen LogP) is 4.27. The van der Waals surface area contributed by atoms with Crippen LogP contribution in [-0.2, 0) is 0 Å². The van der Waals surface area contributed by atoms with Crippen molar-refractivity contribution in [3.63, 3.8) is 0 Å². The van der Waals surface area contributed by atoms with Crippen molar-refractivity contribution in [2.24, 2.45) is 0 Å². The Morgan fingerprint density at radius 2 is 1.90 bits per heavy atom. The average Bonchev–Trinajstić information content (AvgIpc) is 2.74. The normalized spacial score (nSPS) is 16.7. The SMILES string of the molecule is CSc1cccc(N(C)C2CCCCCC2)c1C(=O)O. The van der Waals surface area contributed by atoms with Crippen LogP contribution < -0.4 is 4.90 Å². The van der Waals surface area contributed by atoms with Gasteiger partial charge in [0.1, 0.15) is 0 Å². The number of rotatable bonds is 4. The van der Waals surface area contributed by atoms with Gasteiger partial charge in [0.05, 0.1) is 11.3 Å². The van der Waals surface area contributed by atoms with Gasteiger partial charge in [0.25, 0.3) is 0 Å². The number of carbonyl (C=O) groups is 1. The highest BCUT2D eigenvalue weighted by molar-refractivity contribution is 7.98. The summed E-state index contributed by atoms with van der Waals surface area (Å²) in [6.07, 6.45) is 9.37. The molecule has 0 amide bonds. The van der Waals surface area contributed by atoms with Gasteiger partial charge in [-0.1, -0.05) is 31.7 Å². The van der Waals surface area contributed by atoms with Gasteiger partial charge < -0.3 is 10.0 Å². The summed E-state index contributed by atoms with van der Waals surface area (Å²) in [5, 5.41) is 9.54. The highest BCUT2D eigenvalue weighted by Gasteiger charge is 2.23. The molecule has 1 N–H and O–H groups in total. The molecule has 110 valence electrons. The monoisotopic (exact) mass is 293 g/mol. The van der Waals surface area contributed by atoms with E-state index in [0.29, 0.717) is 11.6 Å². The number of benzene rings is 1. The second-order valence-electron chi connectivity index (χ2n) is 5.42. The third-order valence-corrected chi connectivity index (χ3v) is 4.97. The van der Waals surface area contributed by atoms with Gasteiger partial charge >= 0.3 is 5.97 Å². The molecule has 20 heavy (non-hydrogen) atoms. The molecule has 0 heterocycles. The molecule has 0 radical (unpaired) electrons. The van der Waals surface area contributed by atoms with E-state index < -0.39 is 5.97 Å². The lowest BCUT2D eigenvalue weighted by molar-refractivity contribution is 0.0693. The molecular formula is C16H23NO2S. The lowest BCUT2D eigenvalue weighted by atomic mass is 10.0. The van der Waals surface area contributed by atoms with Gasteiger partial charge in [-0.15, -0.1) is 11.8 Å². The molecule has 3 nitrogen and oxygen atoms in total. The summed E-state index contributed by atoms with van der Waals surface area (Å²) < 4.78 is 0. The lowest BCUT2D eigenvalue weighted by Crippen LogP contribution is -2.32. The van der Waals surface area contributed by atoms with Crippen LogP contribution in [0.4, 0.5) is 5.69 Å². The van der Waals surface area contributed by atoms with Crippen molar-refractivity contribution in [1.29, 1.82) is 0 Å². The summed E-state index contributed by atoms with van der Waals surface area (Å²) in [6.45, 7) is 0. The van der Waals surface area contributed by atoms with E-state index in [1.165, 1.54) is 50.3 Å². The number of thioether (sulfide) groups is 1. The maximum absolute atomic E-state index is 11.6. The van der Waals surface area contributed by atoms with Crippen molar-refractivity contribution in [3.8, 4) is 0 Å². The van der Waals surface area contributed by atoms with E-state index in [9.17, 15) is 9.90 Å². The van der Waals surface area contributed by atoms with E-state index in [4.69, 9.17) is 0 Å². The molecule has 1 saturated carbocycles. The van der Waals surface area contributed by atoms with Crippen molar-refractivity contribution in [3.05, 3.63) is 23.8 Å². The molecule has 1 aromatic carbocycles. The van der Waals surface area contributed by atoms with Crippen LogP contribution in [-0.4, -0.2) is 30.4 Å². The molecule has 0 aromatic heterocycles. The van der Waals surface area contributed by atoms with Crippen LogP contribution >= 0.6 is 11.8 Å². The number of aromatic carboxylic acids is 1. The Morgan fingerprint density at radius 3 is 2.45 bits per heavy atom. The number of hydrogen-bond donors (Lipinski definition) is 1. The summed E-state index contributed by atoms with van der Waals surface area (Å²) in [5.74, 6) is -0.828. The number of carboxylic acids is 1. The fourth-order valence-electron chi connectivity index (χ4n) is 3.04. The van der Waals surface area contributed by atoms with Crippen molar-refractivity contribution < 1.29 is 9.90 Å². The fraction of sp³-hybridized carbons (Fsp3) is 0.562. The quantitative estimate of drug-likeness (QED) is 0.665. The zero-order chi connectivity index (χ0) is 14.5. The minimum atomic E-state index is -0.828. The first-order valence-electron chi connectivity index (χ1n) is 7.28. The zero-order valence-electron chi connectivity index (χ0n) is 12.3. The number of carboxylic acid groups (broad SMARTS) is 1. The summed E-state index contributed by atoms with van der Waals surface area (Å²) in [5.41, 5.74) is 1.31. The Balaban J connectivity index is 2.32. The first-order chi connectivity index (χ1) is 9.65. The summed E-state index contributed by atoms with van der Waals surface area (Å²) in [6, 6.07) is 6.25. The standard InChI is InChI=1S/C16H23NO2S/c1-17(12-8-5-3-4-6-9-12)13-10-7-11-14(20-2)15(13)16(18)19/h7,10-12H,3-6,8-9H2,1-2H3,(H,18,19). The molecule has 0 aliphatic heterocycles. The Kier molecular flexibility index (Phi) is 5.35. The maximum Gasteiger partial charge on any atom is 0.338 e. The van der Waals surface area contributed by atoms with Crippen molar-refractivity contribution in [1.82, 2.24) is 0 Å². The highest BCUT2D eigenvalue weighted by Crippen LogP contribution is 2.32. The molecule has 0 atom stereocenters. The van der Waals surface area contributed by atoms with Crippen LogP contribution in [0.5, 0.6) is 0 Å². The molecule has 1 aromatic rings. The maximum atomic E-state index is 11.6. The van der Waals surface area contributed by atoms with Gasteiger partial charge in [-0.3, -0.25) is 0 Å². The molecule has 4 heteroatoms. The van der Waals surface area contributed by atoms with Crippen molar-refractivity contribution in [2.75, 3.05) is 18.2 Å². The largest absolute Gasteiger partial charge is 0.478 e. The summed E-state index contributed by atoms with van der Waals surface area (Å²) in [4.78, 5) is 14.6. The number of nitrogens with zero attached hydrogens (tertiary/aromatic N) is 1. The Hall–Kier alpha value is -1.16. The second-order valence-corrected chi connectivity index (χ2v) is 6.26. The van der Waals surface area contributed by atoms with E-state index >= 15 is 0 Å². The molecule has 0 saturated heterocycles. The molecule has 1 aliphatic rings. The average molecular weight is 293 g/mol. The van der Waals surface area contributed by atoms with Crippen LogP contribution in [0.3, 0.4) is 0 Å². The number of hydrogen-bond acceptors (Lipinski definition) is 3.